The fraction of sp³-hybridized carbons (Fsp3) is 0.0667. The van der Waals surface area contributed by atoms with Gasteiger partial charge in [0.25, 0.3) is 5.91 Å². The first-order chi connectivity index (χ1) is 9.63. The fourth-order valence-corrected chi connectivity index (χ4v) is 2.14. The molecule has 0 aliphatic carbocycles. The van der Waals surface area contributed by atoms with Crippen LogP contribution in [-0.2, 0) is 0 Å². The van der Waals surface area contributed by atoms with Crippen molar-refractivity contribution in [2.75, 3.05) is 5.32 Å². The molecule has 0 unspecified atom stereocenters. The minimum atomic E-state index is -0.251. The molecule has 0 radical (unpaired) electrons. The summed E-state index contributed by atoms with van der Waals surface area (Å²) < 4.78 is 1.67. The standard InChI is InChI=1S/C15H12ClN3O/c1-10-5-6-11(16)8-13(10)17-15(20)14-9-12-4-2-3-7-19(12)18-14/h2-9H,1H3,(H,17,20). The summed E-state index contributed by atoms with van der Waals surface area (Å²) in [5.41, 5.74) is 2.89. The molecule has 20 heavy (non-hydrogen) atoms. The van der Waals surface area contributed by atoms with Crippen LogP contribution < -0.4 is 5.32 Å². The summed E-state index contributed by atoms with van der Waals surface area (Å²) in [6, 6.07) is 12.8. The van der Waals surface area contributed by atoms with Crippen molar-refractivity contribution >= 4 is 28.7 Å². The summed E-state index contributed by atoms with van der Waals surface area (Å²) in [5.74, 6) is -0.251. The Hall–Kier alpha value is -2.33. The van der Waals surface area contributed by atoms with Crippen LogP contribution in [0.15, 0.2) is 48.7 Å². The van der Waals surface area contributed by atoms with E-state index in [-0.39, 0.29) is 5.91 Å². The maximum Gasteiger partial charge on any atom is 0.276 e. The summed E-state index contributed by atoms with van der Waals surface area (Å²) in [6.07, 6.45) is 1.80. The molecule has 100 valence electrons. The highest BCUT2D eigenvalue weighted by Crippen LogP contribution is 2.20. The van der Waals surface area contributed by atoms with Crippen LogP contribution in [0.2, 0.25) is 5.02 Å². The number of anilines is 1. The van der Waals surface area contributed by atoms with Crippen molar-refractivity contribution in [1.29, 1.82) is 0 Å². The van der Waals surface area contributed by atoms with Gasteiger partial charge in [-0.25, -0.2) is 4.52 Å². The Balaban J connectivity index is 1.90. The number of nitrogens with one attached hydrogen (secondary N) is 1. The van der Waals surface area contributed by atoms with Crippen LogP contribution in [0.5, 0.6) is 0 Å². The molecule has 3 aromatic rings. The van der Waals surface area contributed by atoms with E-state index in [1.54, 1.807) is 28.9 Å². The quantitative estimate of drug-likeness (QED) is 0.783. The van der Waals surface area contributed by atoms with E-state index in [1.165, 1.54) is 0 Å². The molecule has 1 aromatic carbocycles. The number of carbonyl (C=O) groups is 1. The normalized spacial score (nSPS) is 10.7. The number of hydrogen-bond acceptors (Lipinski definition) is 2. The lowest BCUT2D eigenvalue weighted by Crippen LogP contribution is -2.13. The average molecular weight is 286 g/mol. The summed E-state index contributed by atoms with van der Waals surface area (Å²) in [6.45, 7) is 1.91. The van der Waals surface area contributed by atoms with Crippen LogP contribution in [0.4, 0.5) is 5.69 Å². The number of fused-ring (bicyclic) bond motifs is 1. The zero-order valence-corrected chi connectivity index (χ0v) is 11.6. The van der Waals surface area contributed by atoms with Crippen molar-refractivity contribution in [3.63, 3.8) is 0 Å². The second kappa shape index (κ2) is 4.98. The van der Waals surface area contributed by atoms with E-state index < -0.39 is 0 Å². The first-order valence-electron chi connectivity index (χ1n) is 6.15. The topological polar surface area (TPSA) is 46.4 Å². The minimum absolute atomic E-state index is 0.251. The molecule has 4 nitrogen and oxygen atoms in total. The van der Waals surface area contributed by atoms with Gasteiger partial charge in [-0.3, -0.25) is 4.79 Å². The van der Waals surface area contributed by atoms with Crippen LogP contribution >= 0.6 is 11.6 Å². The summed E-state index contributed by atoms with van der Waals surface area (Å²) in [5, 5.41) is 7.65. The molecule has 0 fully saturated rings. The van der Waals surface area contributed by atoms with Gasteiger partial charge in [0.15, 0.2) is 5.69 Å². The Morgan fingerprint density at radius 1 is 1.25 bits per heavy atom. The van der Waals surface area contributed by atoms with Crippen molar-refractivity contribution in [3.8, 4) is 0 Å². The molecule has 0 spiro atoms. The SMILES string of the molecule is Cc1ccc(Cl)cc1NC(=O)c1cc2ccccn2n1. The zero-order chi connectivity index (χ0) is 14.1. The van der Waals surface area contributed by atoms with E-state index in [9.17, 15) is 4.79 Å². The molecule has 1 amide bonds. The van der Waals surface area contributed by atoms with Gasteiger partial charge < -0.3 is 5.32 Å². The van der Waals surface area contributed by atoms with Crippen LogP contribution in [0.1, 0.15) is 16.1 Å². The third-order valence-corrected chi connectivity index (χ3v) is 3.29. The largest absolute Gasteiger partial charge is 0.320 e. The number of rotatable bonds is 2. The Morgan fingerprint density at radius 3 is 2.90 bits per heavy atom. The van der Waals surface area contributed by atoms with Crippen LogP contribution in [0.25, 0.3) is 5.52 Å². The van der Waals surface area contributed by atoms with Gasteiger partial charge in [0.05, 0.1) is 5.52 Å². The Labute approximate surface area is 121 Å². The molecule has 0 saturated heterocycles. The Kier molecular flexibility index (Phi) is 3.16. The predicted molar refractivity (Wildman–Crippen MR) is 79.3 cm³/mol. The van der Waals surface area contributed by atoms with Gasteiger partial charge in [-0.1, -0.05) is 23.7 Å². The number of amides is 1. The van der Waals surface area contributed by atoms with E-state index in [1.807, 2.05) is 31.2 Å². The number of benzene rings is 1. The van der Waals surface area contributed by atoms with Gasteiger partial charge in [0.2, 0.25) is 0 Å². The Bertz CT molecular complexity index is 762. The van der Waals surface area contributed by atoms with Crippen LogP contribution in [0, 0.1) is 6.92 Å². The fourth-order valence-electron chi connectivity index (χ4n) is 1.96. The predicted octanol–water partition coefficient (Wildman–Crippen LogP) is 3.55. The monoisotopic (exact) mass is 285 g/mol. The number of nitrogens with zero attached hydrogens (tertiary/aromatic N) is 2. The van der Waals surface area contributed by atoms with Crippen LogP contribution in [0.3, 0.4) is 0 Å². The third kappa shape index (κ3) is 2.38. The molecule has 0 atom stereocenters. The van der Waals surface area contributed by atoms with Gasteiger partial charge >= 0.3 is 0 Å². The smallest absolute Gasteiger partial charge is 0.276 e. The summed E-state index contributed by atoms with van der Waals surface area (Å²) in [7, 11) is 0. The number of carbonyl (C=O) groups excluding carboxylic acids is 1. The number of hydrogen-bond donors (Lipinski definition) is 1. The molecule has 3 rings (SSSR count). The van der Waals surface area contributed by atoms with Crippen molar-refractivity contribution in [2.24, 2.45) is 0 Å². The van der Waals surface area contributed by atoms with E-state index >= 15 is 0 Å². The van der Waals surface area contributed by atoms with E-state index in [2.05, 4.69) is 10.4 Å². The van der Waals surface area contributed by atoms with E-state index in [0.29, 0.717) is 16.4 Å². The average Bonchev–Trinajstić information content (AvgIpc) is 2.87. The number of halogens is 1. The zero-order valence-electron chi connectivity index (χ0n) is 10.8. The molecule has 0 aliphatic heterocycles. The molecule has 2 aromatic heterocycles. The van der Waals surface area contributed by atoms with Gasteiger partial charge in [-0.2, -0.15) is 5.10 Å². The van der Waals surface area contributed by atoms with Gasteiger partial charge in [0, 0.05) is 16.9 Å². The summed E-state index contributed by atoms with van der Waals surface area (Å²) in [4.78, 5) is 12.2. The molecule has 1 N–H and O–H groups in total. The lowest BCUT2D eigenvalue weighted by atomic mass is 10.2. The minimum Gasteiger partial charge on any atom is -0.320 e. The molecule has 5 heteroatoms. The number of pyridine rings is 1. The van der Waals surface area contributed by atoms with Gasteiger partial charge in [0.1, 0.15) is 0 Å². The molecular weight excluding hydrogens is 274 g/mol. The molecule has 0 aliphatic rings. The van der Waals surface area contributed by atoms with Crippen molar-refractivity contribution in [3.05, 3.63) is 64.9 Å². The summed E-state index contributed by atoms with van der Waals surface area (Å²) >= 11 is 5.94. The lowest BCUT2D eigenvalue weighted by molar-refractivity contribution is 0.102. The molecule has 0 bridgehead atoms. The van der Waals surface area contributed by atoms with Gasteiger partial charge in [-0.15, -0.1) is 0 Å². The van der Waals surface area contributed by atoms with E-state index in [0.717, 1.165) is 11.1 Å². The second-order valence-electron chi connectivity index (χ2n) is 4.51. The van der Waals surface area contributed by atoms with E-state index in [4.69, 9.17) is 11.6 Å². The van der Waals surface area contributed by atoms with Crippen molar-refractivity contribution in [2.45, 2.75) is 6.92 Å². The van der Waals surface area contributed by atoms with Gasteiger partial charge in [-0.05, 0) is 42.8 Å². The number of aryl methyl sites for hydroxylation is 1. The van der Waals surface area contributed by atoms with Crippen LogP contribution in [-0.4, -0.2) is 15.5 Å². The highest BCUT2D eigenvalue weighted by molar-refractivity contribution is 6.31. The van der Waals surface area contributed by atoms with Crippen molar-refractivity contribution in [1.82, 2.24) is 9.61 Å². The number of aromatic nitrogens is 2. The Morgan fingerprint density at radius 2 is 2.10 bits per heavy atom. The molecule has 0 saturated carbocycles. The first kappa shape index (κ1) is 12.7. The second-order valence-corrected chi connectivity index (χ2v) is 4.95. The third-order valence-electron chi connectivity index (χ3n) is 3.05. The van der Waals surface area contributed by atoms with Crippen molar-refractivity contribution < 1.29 is 4.79 Å². The molecule has 2 heterocycles. The maximum atomic E-state index is 12.2. The molecular formula is C15H12ClN3O. The lowest BCUT2D eigenvalue weighted by Gasteiger charge is -2.07. The highest BCUT2D eigenvalue weighted by atomic mass is 35.5. The first-order valence-corrected chi connectivity index (χ1v) is 6.53. The highest BCUT2D eigenvalue weighted by Gasteiger charge is 2.12. The maximum absolute atomic E-state index is 12.2.